The molecule has 5 nitrogen and oxygen atoms in total. The Morgan fingerprint density at radius 2 is 1.86 bits per heavy atom. The van der Waals surface area contributed by atoms with E-state index in [0.29, 0.717) is 5.82 Å². The van der Waals surface area contributed by atoms with Crippen LogP contribution < -0.4 is 11.1 Å². The summed E-state index contributed by atoms with van der Waals surface area (Å²) in [6.45, 7) is 1.93. The summed E-state index contributed by atoms with van der Waals surface area (Å²) in [7, 11) is 0. The third kappa shape index (κ3) is 2.99. The summed E-state index contributed by atoms with van der Waals surface area (Å²) >= 11 is 0. The van der Waals surface area contributed by atoms with Gasteiger partial charge in [-0.1, -0.05) is 12.8 Å². The van der Waals surface area contributed by atoms with Crippen molar-refractivity contribution in [2.24, 2.45) is 5.73 Å². The fourth-order valence-corrected chi connectivity index (χ4v) is 2.78. The molecule has 114 valence electrons. The number of nitrogens with zero attached hydrogens (tertiary/aromatic N) is 2. The van der Waals surface area contributed by atoms with E-state index < -0.39 is 5.54 Å². The van der Waals surface area contributed by atoms with Crippen molar-refractivity contribution >= 4 is 11.6 Å². The highest BCUT2D eigenvalue weighted by Gasteiger charge is 2.36. The van der Waals surface area contributed by atoms with E-state index in [0.717, 1.165) is 42.6 Å². The molecule has 0 bridgehead atoms. The van der Waals surface area contributed by atoms with E-state index in [9.17, 15) is 4.79 Å². The zero-order valence-electron chi connectivity index (χ0n) is 12.7. The quantitative estimate of drug-likeness (QED) is 0.912. The van der Waals surface area contributed by atoms with Crippen LogP contribution in [0.15, 0.2) is 36.5 Å². The van der Waals surface area contributed by atoms with Crippen molar-refractivity contribution in [1.29, 1.82) is 0 Å². The number of nitrogens with one attached hydrogen (secondary N) is 1. The molecule has 1 aliphatic rings. The molecule has 2 aromatic rings. The predicted octanol–water partition coefficient (Wildman–Crippen LogP) is 2.66. The monoisotopic (exact) mass is 296 g/mol. The lowest BCUT2D eigenvalue weighted by Crippen LogP contribution is -2.48. The molecule has 3 rings (SSSR count). The Morgan fingerprint density at radius 3 is 2.50 bits per heavy atom. The lowest BCUT2D eigenvalue weighted by molar-refractivity contribution is -0.121. The van der Waals surface area contributed by atoms with Gasteiger partial charge in [0.1, 0.15) is 0 Å². The minimum Gasteiger partial charge on any atom is -0.324 e. The van der Waals surface area contributed by atoms with E-state index >= 15 is 0 Å². The molecular formula is C17H20N4O. The smallest absolute Gasteiger partial charge is 0.244 e. The van der Waals surface area contributed by atoms with Crippen molar-refractivity contribution < 1.29 is 4.79 Å². The first kappa shape index (κ1) is 14.7. The first-order valence-corrected chi connectivity index (χ1v) is 7.57. The summed E-state index contributed by atoms with van der Waals surface area (Å²) in [5, 5.41) is 2.91. The molecule has 1 aromatic carbocycles. The van der Waals surface area contributed by atoms with Gasteiger partial charge in [0, 0.05) is 23.1 Å². The van der Waals surface area contributed by atoms with Crippen LogP contribution in [0, 0.1) is 6.92 Å². The molecule has 5 heteroatoms. The third-order valence-corrected chi connectivity index (χ3v) is 4.14. The number of anilines is 1. The molecule has 0 spiro atoms. The average Bonchev–Trinajstić information content (AvgIpc) is 2.96. The van der Waals surface area contributed by atoms with Crippen LogP contribution in [0.25, 0.3) is 11.4 Å². The van der Waals surface area contributed by atoms with Crippen molar-refractivity contribution in [3.63, 3.8) is 0 Å². The first-order valence-electron chi connectivity index (χ1n) is 7.57. The highest BCUT2D eigenvalue weighted by molar-refractivity contribution is 5.98. The van der Waals surface area contributed by atoms with Crippen LogP contribution in [-0.4, -0.2) is 21.4 Å². The SMILES string of the molecule is Cc1ccnc(-c2ccc(NC(=O)C3(N)CCCC3)cc2)n1. The molecule has 0 radical (unpaired) electrons. The Morgan fingerprint density at radius 1 is 1.18 bits per heavy atom. The van der Waals surface area contributed by atoms with Crippen LogP contribution >= 0.6 is 0 Å². The molecule has 1 fully saturated rings. The maximum Gasteiger partial charge on any atom is 0.244 e. The number of aryl methyl sites for hydroxylation is 1. The number of aromatic nitrogens is 2. The Labute approximate surface area is 130 Å². The minimum atomic E-state index is -0.710. The van der Waals surface area contributed by atoms with Gasteiger partial charge in [-0.3, -0.25) is 4.79 Å². The van der Waals surface area contributed by atoms with Crippen molar-refractivity contribution in [2.75, 3.05) is 5.32 Å². The van der Waals surface area contributed by atoms with Crippen LogP contribution in [0.5, 0.6) is 0 Å². The van der Waals surface area contributed by atoms with Crippen molar-refractivity contribution in [3.05, 3.63) is 42.2 Å². The topological polar surface area (TPSA) is 80.9 Å². The molecule has 0 aliphatic heterocycles. The zero-order valence-corrected chi connectivity index (χ0v) is 12.7. The number of hydrogen-bond acceptors (Lipinski definition) is 4. The maximum atomic E-state index is 12.3. The van der Waals surface area contributed by atoms with Crippen LogP contribution in [-0.2, 0) is 4.79 Å². The summed E-state index contributed by atoms with van der Waals surface area (Å²) in [5.74, 6) is 0.591. The number of amides is 1. The van der Waals surface area contributed by atoms with Gasteiger partial charge in [0.05, 0.1) is 5.54 Å². The number of carbonyl (C=O) groups excluding carboxylic acids is 1. The van der Waals surface area contributed by atoms with Gasteiger partial charge in [0.15, 0.2) is 5.82 Å². The normalized spacial score (nSPS) is 16.5. The summed E-state index contributed by atoms with van der Waals surface area (Å²) in [4.78, 5) is 20.9. The average molecular weight is 296 g/mol. The van der Waals surface area contributed by atoms with E-state index in [4.69, 9.17) is 5.73 Å². The van der Waals surface area contributed by atoms with E-state index in [1.165, 1.54) is 0 Å². The second-order valence-electron chi connectivity index (χ2n) is 5.92. The predicted molar refractivity (Wildman–Crippen MR) is 86.2 cm³/mol. The van der Waals surface area contributed by atoms with Gasteiger partial charge < -0.3 is 11.1 Å². The molecule has 0 saturated heterocycles. The molecule has 0 atom stereocenters. The van der Waals surface area contributed by atoms with Gasteiger partial charge in [0.25, 0.3) is 0 Å². The lowest BCUT2D eigenvalue weighted by atomic mass is 9.98. The molecule has 22 heavy (non-hydrogen) atoms. The highest BCUT2D eigenvalue weighted by atomic mass is 16.2. The lowest BCUT2D eigenvalue weighted by Gasteiger charge is -2.22. The van der Waals surface area contributed by atoms with Crippen LogP contribution in [0.1, 0.15) is 31.4 Å². The van der Waals surface area contributed by atoms with Gasteiger partial charge in [0.2, 0.25) is 5.91 Å². The molecule has 1 saturated carbocycles. The van der Waals surface area contributed by atoms with E-state index in [2.05, 4.69) is 15.3 Å². The molecule has 1 aliphatic carbocycles. The number of benzene rings is 1. The Hall–Kier alpha value is -2.27. The third-order valence-electron chi connectivity index (χ3n) is 4.14. The standard InChI is InChI=1S/C17H20N4O/c1-12-8-11-19-15(20-12)13-4-6-14(7-5-13)21-16(22)17(18)9-2-3-10-17/h4-8,11H,2-3,9-10,18H2,1H3,(H,21,22). The number of rotatable bonds is 3. The van der Waals surface area contributed by atoms with Gasteiger partial charge in [-0.15, -0.1) is 0 Å². The Balaban J connectivity index is 1.73. The van der Waals surface area contributed by atoms with Gasteiger partial charge in [-0.25, -0.2) is 9.97 Å². The van der Waals surface area contributed by atoms with E-state index in [1.54, 1.807) is 6.20 Å². The zero-order chi connectivity index (χ0) is 15.6. The minimum absolute atomic E-state index is 0.0930. The van der Waals surface area contributed by atoms with Gasteiger partial charge in [-0.2, -0.15) is 0 Å². The molecule has 1 amide bonds. The van der Waals surface area contributed by atoms with Crippen LogP contribution in [0.3, 0.4) is 0 Å². The number of carbonyl (C=O) groups is 1. The van der Waals surface area contributed by atoms with Crippen molar-refractivity contribution in [2.45, 2.75) is 38.1 Å². The highest BCUT2D eigenvalue weighted by Crippen LogP contribution is 2.28. The molecule has 3 N–H and O–H groups in total. The second-order valence-corrected chi connectivity index (χ2v) is 5.92. The van der Waals surface area contributed by atoms with Crippen LogP contribution in [0.2, 0.25) is 0 Å². The molecular weight excluding hydrogens is 276 g/mol. The van der Waals surface area contributed by atoms with Crippen molar-refractivity contribution in [3.8, 4) is 11.4 Å². The van der Waals surface area contributed by atoms with Gasteiger partial charge in [-0.05, 0) is 50.1 Å². The van der Waals surface area contributed by atoms with E-state index in [-0.39, 0.29) is 5.91 Å². The fraction of sp³-hybridized carbons (Fsp3) is 0.353. The summed E-state index contributed by atoms with van der Waals surface area (Å²) in [6, 6.07) is 9.39. The molecule has 0 unspecified atom stereocenters. The van der Waals surface area contributed by atoms with Gasteiger partial charge >= 0.3 is 0 Å². The second kappa shape index (κ2) is 5.85. The molecule has 1 heterocycles. The Kier molecular flexibility index (Phi) is 3.90. The maximum absolute atomic E-state index is 12.3. The summed E-state index contributed by atoms with van der Waals surface area (Å²) in [5.41, 5.74) is 8.04. The Bertz CT molecular complexity index is 675. The fourth-order valence-electron chi connectivity index (χ4n) is 2.78. The van der Waals surface area contributed by atoms with Crippen LogP contribution in [0.4, 0.5) is 5.69 Å². The number of nitrogens with two attached hydrogens (primary N) is 1. The first-order chi connectivity index (χ1) is 10.6. The van der Waals surface area contributed by atoms with Crippen molar-refractivity contribution in [1.82, 2.24) is 9.97 Å². The number of hydrogen-bond donors (Lipinski definition) is 2. The molecule has 1 aromatic heterocycles. The largest absolute Gasteiger partial charge is 0.324 e. The summed E-state index contributed by atoms with van der Waals surface area (Å²) < 4.78 is 0. The summed E-state index contributed by atoms with van der Waals surface area (Å²) in [6.07, 6.45) is 5.30. The van der Waals surface area contributed by atoms with E-state index in [1.807, 2.05) is 37.3 Å².